The van der Waals surface area contributed by atoms with Crippen molar-refractivity contribution in [2.75, 3.05) is 26.9 Å². The van der Waals surface area contributed by atoms with Gasteiger partial charge < -0.3 is 39.1 Å². The summed E-state index contributed by atoms with van der Waals surface area (Å²) in [6, 6.07) is 3.55. The second-order valence-corrected chi connectivity index (χ2v) is 10.3. The third-order valence-electron chi connectivity index (χ3n) is 7.03. The molecule has 4 atom stereocenters. The summed E-state index contributed by atoms with van der Waals surface area (Å²) in [4.78, 5) is 24.0. The van der Waals surface area contributed by atoms with E-state index >= 15 is 0 Å². The van der Waals surface area contributed by atoms with Crippen molar-refractivity contribution in [2.24, 2.45) is 0 Å². The van der Waals surface area contributed by atoms with Crippen LogP contribution in [0.2, 0.25) is 5.02 Å². The lowest BCUT2D eigenvalue weighted by Crippen LogP contribution is -2.40. The number of imidazole rings is 1. The quantitative estimate of drug-likeness (QED) is 0.356. The molecule has 1 aliphatic carbocycles. The largest absolute Gasteiger partial charge is 0.471 e. The van der Waals surface area contributed by atoms with Crippen LogP contribution in [0.15, 0.2) is 18.2 Å². The van der Waals surface area contributed by atoms with Gasteiger partial charge in [-0.1, -0.05) is 11.6 Å². The van der Waals surface area contributed by atoms with Gasteiger partial charge in [0.15, 0.2) is 11.8 Å². The maximum Gasteiger partial charge on any atom is 0.296 e. The summed E-state index contributed by atoms with van der Waals surface area (Å²) in [6.07, 6.45) is -0.602. The topological polar surface area (TPSA) is 137 Å². The van der Waals surface area contributed by atoms with Crippen molar-refractivity contribution in [3.63, 3.8) is 0 Å². The Kier molecular flexibility index (Phi) is 6.79. The molecule has 1 saturated carbocycles. The molecule has 3 aromatic rings. The highest BCUT2D eigenvalue weighted by Crippen LogP contribution is 2.36. The van der Waals surface area contributed by atoms with Crippen LogP contribution in [-0.2, 0) is 20.8 Å². The second-order valence-electron chi connectivity index (χ2n) is 9.88. The van der Waals surface area contributed by atoms with E-state index in [9.17, 15) is 18.7 Å². The number of amides is 1. The molecule has 3 fully saturated rings. The lowest BCUT2D eigenvalue weighted by molar-refractivity contribution is 0.00706. The van der Waals surface area contributed by atoms with Crippen LogP contribution in [0.25, 0.3) is 11.2 Å². The molecule has 4 heterocycles. The number of ether oxygens (including phenoxy) is 5. The molecule has 208 valence electrons. The first-order chi connectivity index (χ1) is 18.7. The van der Waals surface area contributed by atoms with E-state index in [-0.39, 0.29) is 46.9 Å². The minimum Gasteiger partial charge on any atom is -0.471 e. The van der Waals surface area contributed by atoms with Gasteiger partial charge in [-0.25, -0.2) is 8.78 Å². The highest BCUT2D eigenvalue weighted by Gasteiger charge is 2.48. The molecule has 0 spiro atoms. The van der Waals surface area contributed by atoms with E-state index in [1.165, 1.54) is 13.2 Å². The fraction of sp³-hybridized carbons (Fsp3) is 0.480. The summed E-state index contributed by atoms with van der Waals surface area (Å²) in [5.74, 6) is -2.57. The van der Waals surface area contributed by atoms with Crippen molar-refractivity contribution in [1.29, 1.82) is 0 Å². The summed E-state index contributed by atoms with van der Waals surface area (Å²) in [7, 11) is 1.52. The van der Waals surface area contributed by atoms with Crippen molar-refractivity contribution in [3.8, 4) is 11.9 Å². The number of fused-ring (bicyclic) bond motifs is 2. The van der Waals surface area contributed by atoms with Crippen molar-refractivity contribution < 1.29 is 42.4 Å². The smallest absolute Gasteiger partial charge is 0.296 e. The van der Waals surface area contributed by atoms with E-state index in [4.69, 9.17) is 35.3 Å². The number of nitrogens with one attached hydrogen (secondary N) is 2. The first-order valence-corrected chi connectivity index (χ1v) is 12.7. The Balaban J connectivity index is 1.13. The summed E-state index contributed by atoms with van der Waals surface area (Å²) in [5.41, 5.74) is -0.374. The fourth-order valence-corrected chi connectivity index (χ4v) is 4.99. The van der Waals surface area contributed by atoms with E-state index in [1.807, 2.05) is 0 Å². The van der Waals surface area contributed by atoms with E-state index < -0.39 is 54.1 Å². The number of halogens is 3. The van der Waals surface area contributed by atoms with Crippen molar-refractivity contribution in [1.82, 2.24) is 20.3 Å². The summed E-state index contributed by atoms with van der Waals surface area (Å²) in [5, 5.41) is 12.7. The molecular weight excluding hydrogens is 542 g/mol. The number of rotatable bonds is 9. The van der Waals surface area contributed by atoms with Crippen LogP contribution < -0.4 is 14.8 Å². The molecule has 11 nitrogen and oxygen atoms in total. The number of aromatic nitrogens is 3. The number of hydrogen-bond donors (Lipinski definition) is 3. The standard InChI is InChI=1S/C25H25ClF2N4O7/c1-35-10-25(2-3-25)32-22(34)11-4-14(27)12(15(28)5-11)7-38-23-13(26)6-16-21(30-23)31-24(29-16)39-18-9-37-19-17(33)8-36-20(18)19/h4-6,17-20,33H,2-3,7-10H2,1H3,(H,32,34)(H,29,30,31)/t17-,18-,19?,20?/m1/s1. The highest BCUT2D eigenvalue weighted by atomic mass is 35.5. The molecule has 1 amide bonds. The molecule has 2 unspecified atom stereocenters. The van der Waals surface area contributed by atoms with E-state index in [2.05, 4.69) is 20.3 Å². The van der Waals surface area contributed by atoms with Crippen LogP contribution in [0.1, 0.15) is 28.8 Å². The van der Waals surface area contributed by atoms with Crippen LogP contribution in [-0.4, -0.2) is 82.9 Å². The molecule has 3 N–H and O–H groups in total. The zero-order valence-electron chi connectivity index (χ0n) is 20.7. The molecule has 3 aliphatic rings. The van der Waals surface area contributed by atoms with Gasteiger partial charge in [0.1, 0.15) is 41.6 Å². The first-order valence-electron chi connectivity index (χ1n) is 12.3. The number of aromatic amines is 1. The monoisotopic (exact) mass is 566 g/mol. The molecule has 2 aromatic heterocycles. The van der Waals surface area contributed by atoms with Crippen LogP contribution in [0.5, 0.6) is 11.9 Å². The van der Waals surface area contributed by atoms with Gasteiger partial charge in [0.2, 0.25) is 5.88 Å². The molecule has 0 bridgehead atoms. The summed E-state index contributed by atoms with van der Waals surface area (Å²) in [6.45, 7) is 0.185. The number of aliphatic hydroxyl groups excluding tert-OH is 1. The van der Waals surface area contributed by atoms with Gasteiger partial charge in [-0.3, -0.25) is 4.79 Å². The zero-order chi connectivity index (χ0) is 27.3. The Morgan fingerprint density at radius 3 is 2.67 bits per heavy atom. The molecule has 39 heavy (non-hydrogen) atoms. The molecule has 0 radical (unpaired) electrons. The average Bonchev–Trinajstić information content (AvgIpc) is 3.19. The third kappa shape index (κ3) is 5.12. The zero-order valence-corrected chi connectivity index (χ0v) is 21.5. The number of H-pyrrole nitrogens is 1. The number of hydrogen-bond acceptors (Lipinski definition) is 9. The van der Waals surface area contributed by atoms with Gasteiger partial charge in [-0.05, 0) is 31.0 Å². The Bertz CT molecular complexity index is 1400. The maximum absolute atomic E-state index is 14.8. The second kappa shape index (κ2) is 10.1. The summed E-state index contributed by atoms with van der Waals surface area (Å²) < 4.78 is 57.2. The van der Waals surface area contributed by atoms with E-state index in [0.717, 1.165) is 25.0 Å². The molecule has 1 aromatic carbocycles. The first kappa shape index (κ1) is 26.1. The van der Waals surface area contributed by atoms with Gasteiger partial charge in [0.25, 0.3) is 11.9 Å². The predicted molar refractivity (Wildman–Crippen MR) is 131 cm³/mol. The minimum absolute atomic E-state index is 0.0777. The minimum atomic E-state index is -0.944. The Hall–Kier alpha value is -3.10. The van der Waals surface area contributed by atoms with Gasteiger partial charge in [0, 0.05) is 12.7 Å². The average molecular weight is 567 g/mol. The van der Waals surface area contributed by atoms with Gasteiger partial charge in [-0.2, -0.15) is 9.97 Å². The van der Waals surface area contributed by atoms with Crippen molar-refractivity contribution in [3.05, 3.63) is 46.0 Å². The number of carbonyl (C=O) groups is 1. The number of aliphatic hydroxyl groups is 1. The van der Waals surface area contributed by atoms with Gasteiger partial charge in [-0.15, -0.1) is 0 Å². The lowest BCUT2D eigenvalue weighted by Gasteiger charge is -2.17. The highest BCUT2D eigenvalue weighted by molar-refractivity contribution is 6.32. The van der Waals surface area contributed by atoms with Gasteiger partial charge in [0.05, 0.1) is 36.4 Å². The number of pyridine rings is 1. The normalized spacial score (nSPS) is 25.1. The predicted octanol–water partition coefficient (Wildman–Crippen LogP) is 2.28. The Morgan fingerprint density at radius 2 is 1.95 bits per heavy atom. The number of nitrogens with zero attached hydrogens (tertiary/aromatic N) is 2. The Labute approximate surface area is 225 Å². The van der Waals surface area contributed by atoms with Crippen molar-refractivity contribution >= 4 is 28.7 Å². The van der Waals surface area contributed by atoms with E-state index in [0.29, 0.717) is 12.1 Å². The SMILES string of the molecule is COCC1(NC(=O)c2cc(F)c(COc3nc4nc(O[C@@H]5COC6C5OC[C@H]6O)[nH]c4cc3Cl)c(F)c2)CC1. The third-order valence-corrected chi connectivity index (χ3v) is 7.30. The van der Waals surface area contributed by atoms with E-state index in [1.54, 1.807) is 0 Å². The summed E-state index contributed by atoms with van der Waals surface area (Å²) >= 11 is 6.28. The maximum atomic E-state index is 14.8. The van der Waals surface area contributed by atoms with Crippen molar-refractivity contribution in [2.45, 2.75) is 49.4 Å². The number of carbonyl (C=O) groups excluding carboxylic acids is 1. The van der Waals surface area contributed by atoms with Gasteiger partial charge >= 0.3 is 0 Å². The fourth-order valence-electron chi connectivity index (χ4n) is 4.78. The molecular formula is C25H25ClF2N4O7. The molecule has 2 saturated heterocycles. The number of methoxy groups -OCH3 is 1. The number of benzene rings is 1. The Morgan fingerprint density at radius 1 is 1.21 bits per heavy atom. The molecule has 2 aliphatic heterocycles. The lowest BCUT2D eigenvalue weighted by atomic mass is 10.1. The van der Waals surface area contributed by atoms with Crippen LogP contribution >= 0.6 is 11.6 Å². The molecule has 6 rings (SSSR count). The van der Waals surface area contributed by atoms with Crippen LogP contribution in [0, 0.1) is 11.6 Å². The molecule has 14 heteroatoms. The van der Waals surface area contributed by atoms with Crippen LogP contribution in [0.4, 0.5) is 8.78 Å². The van der Waals surface area contributed by atoms with Crippen LogP contribution in [0.3, 0.4) is 0 Å².